The van der Waals surface area contributed by atoms with E-state index in [9.17, 15) is 4.79 Å². The van der Waals surface area contributed by atoms with Crippen LogP contribution in [0.15, 0.2) is 53.4 Å². The molecule has 3 rings (SSSR count). The Labute approximate surface area is 203 Å². The van der Waals surface area contributed by atoms with Crippen LogP contribution in [0.1, 0.15) is 33.3 Å². The molecule has 1 amide bonds. The van der Waals surface area contributed by atoms with E-state index in [1.165, 1.54) is 0 Å². The summed E-state index contributed by atoms with van der Waals surface area (Å²) in [7, 11) is 1.28. The molecular weight excluding hydrogens is 450 g/mol. The van der Waals surface area contributed by atoms with Crippen LogP contribution >= 0.6 is 11.8 Å². The number of carbonyl (C=O) groups excluding carboxylic acids is 1. The molecule has 5 nitrogen and oxygen atoms in total. The molecule has 2 aromatic carbocycles. The van der Waals surface area contributed by atoms with Crippen LogP contribution < -0.4 is 9.47 Å². The fourth-order valence-corrected chi connectivity index (χ4v) is 6.62. The van der Waals surface area contributed by atoms with Gasteiger partial charge in [0.15, 0.2) is 8.32 Å². The lowest BCUT2D eigenvalue weighted by atomic mass is 9.92. The van der Waals surface area contributed by atoms with Crippen molar-refractivity contribution in [2.45, 2.75) is 68.7 Å². The van der Waals surface area contributed by atoms with Crippen LogP contribution in [-0.4, -0.2) is 44.8 Å². The molecule has 0 saturated carbocycles. The van der Waals surface area contributed by atoms with Gasteiger partial charge >= 0.3 is 0 Å². The van der Waals surface area contributed by atoms with E-state index in [-0.39, 0.29) is 28.3 Å². The summed E-state index contributed by atoms with van der Waals surface area (Å²) >= 11 is 1.73. The van der Waals surface area contributed by atoms with Crippen molar-refractivity contribution in [3.63, 3.8) is 0 Å². The molecule has 0 radical (unpaired) electrons. The number of hydrogen-bond donors (Lipinski definition) is 0. The van der Waals surface area contributed by atoms with Crippen molar-refractivity contribution in [2.75, 3.05) is 14.2 Å². The van der Waals surface area contributed by atoms with Crippen molar-refractivity contribution in [2.24, 2.45) is 5.92 Å². The second-order valence-electron chi connectivity index (χ2n) is 10.1. The molecule has 180 valence electrons. The normalized spacial score (nSPS) is 19.8. The van der Waals surface area contributed by atoms with E-state index in [1.807, 2.05) is 41.3 Å². The molecule has 1 fully saturated rings. The van der Waals surface area contributed by atoms with E-state index in [0.717, 1.165) is 22.0 Å². The van der Waals surface area contributed by atoms with E-state index in [2.05, 4.69) is 52.9 Å². The van der Waals surface area contributed by atoms with Crippen LogP contribution in [0.3, 0.4) is 0 Å². The Kier molecular flexibility index (Phi) is 7.86. The largest absolute Gasteiger partial charge is 0.497 e. The van der Waals surface area contributed by atoms with Crippen LogP contribution in [0.4, 0.5) is 0 Å². The quantitative estimate of drug-likeness (QED) is 0.312. The first kappa shape index (κ1) is 25.7. The third-order valence-electron chi connectivity index (χ3n) is 6.81. The maximum absolute atomic E-state index is 13.4. The number of methoxy groups -OCH3 is 2. The van der Waals surface area contributed by atoms with E-state index in [0.29, 0.717) is 6.54 Å². The summed E-state index contributed by atoms with van der Waals surface area (Å²) in [5, 5.41) is 0.0817. The summed E-state index contributed by atoms with van der Waals surface area (Å²) in [5.74, 6) is 1.40. The second kappa shape index (κ2) is 10.1. The number of thioether (sulfide) groups is 1. The minimum atomic E-state index is -2.00. The molecule has 0 aliphatic carbocycles. The van der Waals surface area contributed by atoms with Gasteiger partial charge in [0.05, 0.1) is 38.2 Å². The first-order chi connectivity index (χ1) is 15.5. The molecule has 3 atom stereocenters. The lowest BCUT2D eigenvalue weighted by molar-refractivity contribution is -0.157. The lowest BCUT2D eigenvalue weighted by Crippen LogP contribution is -2.63. The Balaban J connectivity index is 1.86. The zero-order valence-corrected chi connectivity index (χ0v) is 22.9. The average molecular weight is 488 g/mol. The van der Waals surface area contributed by atoms with Gasteiger partial charge in [-0.05, 0) is 49.3 Å². The minimum absolute atomic E-state index is 0.00789. The fourth-order valence-electron chi connectivity index (χ4n) is 3.81. The van der Waals surface area contributed by atoms with Crippen LogP contribution in [0.5, 0.6) is 11.5 Å². The predicted molar refractivity (Wildman–Crippen MR) is 137 cm³/mol. The molecule has 1 aliphatic rings. The van der Waals surface area contributed by atoms with E-state index in [4.69, 9.17) is 13.9 Å². The summed E-state index contributed by atoms with van der Waals surface area (Å²) in [6, 6.07) is 16.0. The van der Waals surface area contributed by atoms with Crippen LogP contribution in [0.25, 0.3) is 0 Å². The molecule has 0 aromatic heterocycles. The summed E-state index contributed by atoms with van der Waals surface area (Å²) < 4.78 is 17.6. The highest BCUT2D eigenvalue weighted by atomic mass is 32.2. The van der Waals surface area contributed by atoms with Gasteiger partial charge in [0.25, 0.3) is 0 Å². The number of β-lactam (4-membered cyclic amide) rings is 1. The number of benzene rings is 2. The zero-order chi connectivity index (χ0) is 24.4. The molecule has 2 aromatic rings. The first-order valence-electron chi connectivity index (χ1n) is 11.4. The van der Waals surface area contributed by atoms with Gasteiger partial charge in [0.2, 0.25) is 5.91 Å². The van der Waals surface area contributed by atoms with Crippen LogP contribution in [0, 0.1) is 5.92 Å². The van der Waals surface area contributed by atoms with E-state index in [1.54, 1.807) is 26.0 Å². The summed E-state index contributed by atoms with van der Waals surface area (Å²) in [4.78, 5) is 16.5. The van der Waals surface area contributed by atoms with Crippen molar-refractivity contribution in [1.29, 1.82) is 0 Å². The predicted octanol–water partition coefficient (Wildman–Crippen LogP) is 6.19. The molecule has 0 N–H and O–H groups in total. The van der Waals surface area contributed by atoms with Gasteiger partial charge < -0.3 is 18.8 Å². The summed E-state index contributed by atoms with van der Waals surface area (Å²) in [6.07, 6.45) is -0.145. The standard InChI is InChI=1S/C26H37NO4SSi/c1-18(31-33(7,8)26(2,3)4)23-24(28)27(25(23)32-21-12-10-9-11-13-21)17-19-14-15-20(29-5)16-22(19)30-6/h9-16,18,23,25H,17H2,1-8H3/t18-,23+,25-/m1/s1. The molecular formula is C26H37NO4SSi. The van der Waals surface area contributed by atoms with Gasteiger partial charge in [-0.15, -0.1) is 11.8 Å². The third-order valence-corrected chi connectivity index (χ3v) is 12.7. The Bertz CT molecular complexity index is 961. The first-order valence-corrected chi connectivity index (χ1v) is 15.2. The molecule has 7 heteroatoms. The number of hydrogen-bond acceptors (Lipinski definition) is 5. The monoisotopic (exact) mass is 487 g/mol. The van der Waals surface area contributed by atoms with Gasteiger partial charge in [0, 0.05) is 16.5 Å². The lowest BCUT2D eigenvalue weighted by Gasteiger charge is -2.51. The number of nitrogens with zero attached hydrogens (tertiary/aromatic N) is 1. The smallest absolute Gasteiger partial charge is 0.232 e. The van der Waals surface area contributed by atoms with E-state index < -0.39 is 8.32 Å². The van der Waals surface area contributed by atoms with Crippen molar-refractivity contribution in [3.05, 3.63) is 54.1 Å². The highest BCUT2D eigenvalue weighted by Gasteiger charge is 2.52. The average Bonchev–Trinajstić information content (AvgIpc) is 2.76. The van der Waals surface area contributed by atoms with Crippen molar-refractivity contribution in [3.8, 4) is 11.5 Å². The molecule has 1 aliphatic heterocycles. The van der Waals surface area contributed by atoms with Gasteiger partial charge in [0.1, 0.15) is 11.5 Å². The number of carbonyl (C=O) groups is 1. The SMILES string of the molecule is COc1ccc(CN2C(=O)[C@H]([C@@H](C)O[Si](C)(C)C(C)(C)C)[C@H]2Sc2ccccc2)c(OC)c1. The molecule has 0 spiro atoms. The van der Waals surface area contributed by atoms with Gasteiger partial charge in [-0.25, -0.2) is 0 Å². The molecule has 33 heavy (non-hydrogen) atoms. The molecule has 0 unspecified atom stereocenters. The van der Waals surface area contributed by atoms with E-state index >= 15 is 0 Å². The Morgan fingerprint density at radius 1 is 1.06 bits per heavy atom. The van der Waals surface area contributed by atoms with Crippen LogP contribution in [-0.2, 0) is 15.8 Å². The number of rotatable bonds is 9. The number of likely N-dealkylation sites (tertiary alicyclic amines) is 1. The minimum Gasteiger partial charge on any atom is -0.497 e. The topological polar surface area (TPSA) is 48.0 Å². The maximum atomic E-state index is 13.4. The fraction of sp³-hybridized carbons (Fsp3) is 0.500. The zero-order valence-electron chi connectivity index (χ0n) is 21.0. The Morgan fingerprint density at radius 3 is 2.30 bits per heavy atom. The van der Waals surface area contributed by atoms with Crippen LogP contribution in [0.2, 0.25) is 18.1 Å². The third kappa shape index (κ3) is 5.58. The van der Waals surface area contributed by atoms with Crippen molar-refractivity contribution < 1.29 is 18.7 Å². The van der Waals surface area contributed by atoms with Gasteiger partial charge in [-0.2, -0.15) is 0 Å². The van der Waals surface area contributed by atoms with Gasteiger partial charge in [-0.1, -0.05) is 39.0 Å². The molecule has 0 bridgehead atoms. The number of ether oxygens (including phenoxy) is 2. The Morgan fingerprint density at radius 2 is 1.73 bits per heavy atom. The highest BCUT2D eigenvalue weighted by Crippen LogP contribution is 2.45. The molecule has 1 heterocycles. The van der Waals surface area contributed by atoms with Gasteiger partial charge in [-0.3, -0.25) is 4.79 Å². The highest BCUT2D eigenvalue weighted by molar-refractivity contribution is 8.00. The van der Waals surface area contributed by atoms with Crippen molar-refractivity contribution >= 4 is 26.0 Å². The Hall–Kier alpha value is -1.96. The maximum Gasteiger partial charge on any atom is 0.232 e. The number of amides is 1. The molecule has 1 saturated heterocycles. The summed E-state index contributed by atoms with van der Waals surface area (Å²) in [5.41, 5.74) is 0.960. The summed E-state index contributed by atoms with van der Waals surface area (Å²) in [6.45, 7) is 13.7. The second-order valence-corrected chi connectivity index (χ2v) is 16.0. The van der Waals surface area contributed by atoms with Crippen molar-refractivity contribution in [1.82, 2.24) is 4.90 Å².